The molecule has 86 valence electrons. The quantitative estimate of drug-likeness (QED) is 0.781. The van der Waals surface area contributed by atoms with Crippen molar-refractivity contribution in [3.63, 3.8) is 0 Å². The van der Waals surface area contributed by atoms with Crippen LogP contribution in [0.2, 0.25) is 0 Å². The van der Waals surface area contributed by atoms with Crippen LogP contribution >= 0.6 is 24.0 Å². The minimum Gasteiger partial charge on any atom is -0.378 e. The normalized spacial score (nSPS) is 10.7. The number of nitrogens with zero attached hydrogens (tertiary/aromatic N) is 2. The van der Waals surface area contributed by atoms with Crippen LogP contribution in [0.15, 0.2) is 0 Å². The summed E-state index contributed by atoms with van der Waals surface area (Å²) in [6, 6.07) is 0. The van der Waals surface area contributed by atoms with Crippen molar-refractivity contribution in [1.82, 2.24) is 4.98 Å². The maximum atomic E-state index is 5.12. The number of thiol groups is 1. The molecule has 1 aromatic rings. The average Bonchev–Trinajstić information content (AvgIpc) is 2.64. The number of hydrogen-bond donors (Lipinski definition) is 1. The highest BCUT2D eigenvalue weighted by atomic mass is 32.1. The van der Waals surface area contributed by atoms with Crippen LogP contribution in [0.3, 0.4) is 0 Å². The SMILES string of the molecule is CCN(CC)c1nc(COC)c(CS)s1. The topological polar surface area (TPSA) is 25.4 Å². The van der Waals surface area contributed by atoms with Gasteiger partial charge in [-0.1, -0.05) is 0 Å². The van der Waals surface area contributed by atoms with E-state index < -0.39 is 0 Å². The summed E-state index contributed by atoms with van der Waals surface area (Å²) in [4.78, 5) is 8.04. The van der Waals surface area contributed by atoms with Gasteiger partial charge in [0.25, 0.3) is 0 Å². The van der Waals surface area contributed by atoms with Crippen molar-refractivity contribution >= 4 is 29.1 Å². The molecule has 0 saturated heterocycles. The van der Waals surface area contributed by atoms with Crippen LogP contribution in [0.4, 0.5) is 5.13 Å². The molecule has 5 heteroatoms. The summed E-state index contributed by atoms with van der Waals surface area (Å²) in [7, 11) is 1.69. The van der Waals surface area contributed by atoms with Crippen molar-refractivity contribution < 1.29 is 4.74 Å². The fourth-order valence-corrected chi connectivity index (χ4v) is 2.80. The van der Waals surface area contributed by atoms with Crippen molar-refractivity contribution in [2.45, 2.75) is 26.2 Å². The monoisotopic (exact) mass is 246 g/mol. The predicted octanol–water partition coefficient (Wildman–Crippen LogP) is 2.57. The second kappa shape index (κ2) is 6.35. The molecule has 1 rings (SSSR count). The molecular formula is C10H18N2OS2. The maximum absolute atomic E-state index is 5.12. The second-order valence-corrected chi connectivity index (χ2v) is 4.51. The maximum Gasteiger partial charge on any atom is 0.185 e. The fraction of sp³-hybridized carbons (Fsp3) is 0.700. The van der Waals surface area contributed by atoms with E-state index in [2.05, 4.69) is 36.4 Å². The summed E-state index contributed by atoms with van der Waals surface area (Å²) in [5.41, 5.74) is 1.03. The number of rotatable bonds is 6. The van der Waals surface area contributed by atoms with Crippen molar-refractivity contribution in [2.75, 3.05) is 25.1 Å². The zero-order valence-electron chi connectivity index (χ0n) is 9.49. The van der Waals surface area contributed by atoms with Crippen LogP contribution in [-0.2, 0) is 17.1 Å². The van der Waals surface area contributed by atoms with Crippen molar-refractivity contribution in [3.8, 4) is 0 Å². The Balaban J connectivity index is 2.90. The molecule has 15 heavy (non-hydrogen) atoms. The summed E-state index contributed by atoms with van der Waals surface area (Å²) in [6.45, 7) is 6.83. The zero-order chi connectivity index (χ0) is 11.3. The molecule has 1 aromatic heterocycles. The first kappa shape index (κ1) is 12.8. The number of anilines is 1. The third-order valence-corrected chi connectivity index (χ3v) is 3.91. The highest BCUT2D eigenvalue weighted by Gasteiger charge is 2.13. The van der Waals surface area contributed by atoms with Gasteiger partial charge < -0.3 is 9.64 Å². The molecule has 0 aliphatic rings. The Hall–Kier alpha value is -0.260. The Morgan fingerprint density at radius 3 is 2.53 bits per heavy atom. The van der Waals surface area contributed by atoms with Gasteiger partial charge in [-0.15, -0.1) is 11.3 Å². The first-order chi connectivity index (χ1) is 7.26. The molecule has 0 aliphatic carbocycles. The van der Waals surface area contributed by atoms with E-state index in [1.807, 2.05) is 0 Å². The smallest absolute Gasteiger partial charge is 0.185 e. The minimum absolute atomic E-state index is 0.577. The van der Waals surface area contributed by atoms with E-state index in [1.165, 1.54) is 4.88 Å². The zero-order valence-corrected chi connectivity index (χ0v) is 11.2. The molecule has 0 N–H and O–H groups in total. The molecular weight excluding hydrogens is 228 g/mol. The first-order valence-electron chi connectivity index (χ1n) is 5.10. The van der Waals surface area contributed by atoms with Gasteiger partial charge in [-0.25, -0.2) is 4.98 Å². The summed E-state index contributed by atoms with van der Waals surface area (Å²) >= 11 is 6.02. The number of hydrogen-bond acceptors (Lipinski definition) is 5. The van der Waals surface area contributed by atoms with E-state index in [0.717, 1.165) is 29.7 Å². The Morgan fingerprint density at radius 1 is 1.40 bits per heavy atom. The van der Waals surface area contributed by atoms with Gasteiger partial charge >= 0.3 is 0 Å². The van der Waals surface area contributed by atoms with E-state index in [0.29, 0.717) is 6.61 Å². The summed E-state index contributed by atoms with van der Waals surface area (Å²) in [5.74, 6) is 0.734. The lowest BCUT2D eigenvalue weighted by Gasteiger charge is -2.16. The molecule has 3 nitrogen and oxygen atoms in total. The van der Waals surface area contributed by atoms with Crippen molar-refractivity contribution in [2.24, 2.45) is 0 Å². The Kier molecular flexibility index (Phi) is 5.42. The van der Waals surface area contributed by atoms with Gasteiger partial charge in [0.15, 0.2) is 5.13 Å². The van der Waals surface area contributed by atoms with Gasteiger partial charge in [-0.05, 0) is 13.8 Å². The van der Waals surface area contributed by atoms with E-state index in [9.17, 15) is 0 Å². The van der Waals surface area contributed by atoms with Gasteiger partial charge in [0.1, 0.15) is 0 Å². The lowest BCUT2D eigenvalue weighted by molar-refractivity contribution is 0.181. The van der Waals surface area contributed by atoms with Crippen LogP contribution in [0.1, 0.15) is 24.4 Å². The average molecular weight is 246 g/mol. The third kappa shape index (κ3) is 3.09. The number of methoxy groups -OCH3 is 1. The van der Waals surface area contributed by atoms with Crippen LogP contribution < -0.4 is 4.90 Å². The van der Waals surface area contributed by atoms with Crippen LogP contribution in [-0.4, -0.2) is 25.2 Å². The summed E-state index contributed by atoms with van der Waals surface area (Å²) in [5, 5.41) is 1.08. The number of aromatic nitrogens is 1. The molecule has 0 atom stereocenters. The molecule has 0 radical (unpaired) electrons. The van der Waals surface area contributed by atoms with E-state index in [4.69, 9.17) is 4.74 Å². The molecule has 0 bridgehead atoms. The lowest BCUT2D eigenvalue weighted by Crippen LogP contribution is -2.21. The standard InChI is InChI=1S/C10H18N2OS2/c1-4-12(5-2)10-11-8(6-13-3)9(7-14)15-10/h14H,4-7H2,1-3H3. The lowest BCUT2D eigenvalue weighted by atomic mass is 10.4. The van der Waals surface area contributed by atoms with E-state index >= 15 is 0 Å². The van der Waals surface area contributed by atoms with Gasteiger partial charge in [-0.2, -0.15) is 12.6 Å². The molecule has 0 spiro atoms. The molecule has 0 aliphatic heterocycles. The Bertz CT molecular complexity index is 298. The number of ether oxygens (including phenoxy) is 1. The highest BCUT2D eigenvalue weighted by molar-refractivity contribution is 7.79. The molecule has 0 saturated carbocycles. The summed E-state index contributed by atoms with van der Waals surface area (Å²) in [6.07, 6.45) is 0. The van der Waals surface area contributed by atoms with E-state index in [1.54, 1.807) is 18.4 Å². The third-order valence-electron chi connectivity index (χ3n) is 2.23. The Morgan fingerprint density at radius 2 is 2.07 bits per heavy atom. The minimum atomic E-state index is 0.577. The molecule has 0 unspecified atom stereocenters. The van der Waals surface area contributed by atoms with Crippen LogP contribution in [0.25, 0.3) is 0 Å². The largest absolute Gasteiger partial charge is 0.378 e. The number of thiazole rings is 1. The predicted molar refractivity (Wildman–Crippen MR) is 69.1 cm³/mol. The van der Waals surface area contributed by atoms with Crippen molar-refractivity contribution in [1.29, 1.82) is 0 Å². The molecule has 0 fully saturated rings. The van der Waals surface area contributed by atoms with E-state index in [-0.39, 0.29) is 0 Å². The fourth-order valence-electron chi connectivity index (χ4n) is 1.37. The van der Waals surface area contributed by atoms with Gasteiger partial charge in [-0.3, -0.25) is 0 Å². The van der Waals surface area contributed by atoms with Crippen molar-refractivity contribution in [3.05, 3.63) is 10.6 Å². The first-order valence-corrected chi connectivity index (χ1v) is 6.54. The Labute approximate surface area is 101 Å². The van der Waals surface area contributed by atoms with Crippen LogP contribution in [0, 0.1) is 0 Å². The molecule has 0 aromatic carbocycles. The molecule has 0 amide bonds. The highest BCUT2D eigenvalue weighted by Crippen LogP contribution is 2.27. The van der Waals surface area contributed by atoms with Crippen LogP contribution in [0.5, 0.6) is 0 Å². The summed E-state index contributed by atoms with van der Waals surface area (Å²) < 4.78 is 5.12. The van der Waals surface area contributed by atoms with Gasteiger partial charge in [0.2, 0.25) is 0 Å². The van der Waals surface area contributed by atoms with Gasteiger partial charge in [0, 0.05) is 30.8 Å². The van der Waals surface area contributed by atoms with Gasteiger partial charge in [0.05, 0.1) is 12.3 Å². The second-order valence-electron chi connectivity index (χ2n) is 3.13. The molecule has 1 heterocycles.